The van der Waals surface area contributed by atoms with Crippen molar-refractivity contribution in [1.29, 1.82) is 0 Å². The molecule has 0 spiro atoms. The largest absolute Gasteiger partial charge is 0.376 e. The molecule has 0 bridgehead atoms. The van der Waals surface area contributed by atoms with E-state index in [1.54, 1.807) is 12.4 Å². The van der Waals surface area contributed by atoms with E-state index in [0.717, 1.165) is 11.6 Å². The van der Waals surface area contributed by atoms with E-state index in [9.17, 15) is 8.78 Å². The third-order valence-corrected chi connectivity index (χ3v) is 2.51. The van der Waals surface area contributed by atoms with E-state index < -0.39 is 11.6 Å². The number of nitrogens with zero attached hydrogens (tertiary/aromatic N) is 1. The molecule has 0 aliphatic carbocycles. The Balaban J connectivity index is 2.16. The number of aromatic nitrogens is 1. The number of pyridine rings is 1. The lowest BCUT2D eigenvalue weighted by atomic mass is 10.1. The van der Waals surface area contributed by atoms with Crippen LogP contribution in [0.2, 0.25) is 0 Å². The molecule has 17 heavy (non-hydrogen) atoms. The Kier molecular flexibility index (Phi) is 3.32. The van der Waals surface area contributed by atoms with Crippen LogP contribution in [-0.4, -0.2) is 4.98 Å². The van der Waals surface area contributed by atoms with Gasteiger partial charge in [-0.15, -0.1) is 0 Å². The van der Waals surface area contributed by atoms with Gasteiger partial charge < -0.3 is 5.32 Å². The molecular weight excluding hydrogens is 222 g/mol. The van der Waals surface area contributed by atoms with Crippen molar-refractivity contribution in [2.24, 2.45) is 0 Å². The van der Waals surface area contributed by atoms with Crippen LogP contribution in [0, 0.1) is 11.6 Å². The van der Waals surface area contributed by atoms with Crippen molar-refractivity contribution in [2.75, 3.05) is 5.32 Å². The highest BCUT2D eigenvalue weighted by Gasteiger charge is 2.08. The van der Waals surface area contributed by atoms with Crippen LogP contribution in [0.25, 0.3) is 0 Å². The number of hydrogen-bond donors (Lipinski definition) is 1. The van der Waals surface area contributed by atoms with E-state index in [1.807, 2.05) is 19.1 Å². The van der Waals surface area contributed by atoms with Gasteiger partial charge in [0, 0.05) is 24.5 Å². The molecule has 1 aromatic carbocycles. The summed E-state index contributed by atoms with van der Waals surface area (Å²) in [5.41, 5.74) is 1.28. The molecule has 1 heterocycles. The molecule has 1 atom stereocenters. The summed E-state index contributed by atoms with van der Waals surface area (Å²) in [7, 11) is 0. The first-order valence-electron chi connectivity index (χ1n) is 5.28. The van der Waals surface area contributed by atoms with Gasteiger partial charge in [-0.25, -0.2) is 8.78 Å². The van der Waals surface area contributed by atoms with E-state index >= 15 is 0 Å². The average molecular weight is 234 g/mol. The predicted molar refractivity (Wildman–Crippen MR) is 62.6 cm³/mol. The van der Waals surface area contributed by atoms with Crippen LogP contribution in [0.1, 0.15) is 18.5 Å². The molecule has 4 heteroatoms. The summed E-state index contributed by atoms with van der Waals surface area (Å²) < 4.78 is 26.1. The Labute approximate surface area is 98.3 Å². The normalized spacial score (nSPS) is 12.2. The van der Waals surface area contributed by atoms with Crippen molar-refractivity contribution in [1.82, 2.24) is 4.98 Å². The summed E-state index contributed by atoms with van der Waals surface area (Å²) in [4.78, 5) is 3.91. The Morgan fingerprint density at radius 2 is 1.82 bits per heavy atom. The number of anilines is 1. The summed E-state index contributed by atoms with van der Waals surface area (Å²) in [5, 5.41) is 2.98. The zero-order valence-corrected chi connectivity index (χ0v) is 9.32. The molecule has 2 rings (SSSR count). The highest BCUT2D eigenvalue weighted by atomic mass is 19.1. The van der Waals surface area contributed by atoms with Crippen LogP contribution >= 0.6 is 0 Å². The van der Waals surface area contributed by atoms with Gasteiger partial charge in [0.25, 0.3) is 0 Å². The third kappa shape index (κ3) is 2.78. The second-order valence-electron chi connectivity index (χ2n) is 3.77. The van der Waals surface area contributed by atoms with Crippen LogP contribution in [-0.2, 0) is 0 Å². The van der Waals surface area contributed by atoms with Crippen LogP contribution in [0.4, 0.5) is 14.5 Å². The highest BCUT2D eigenvalue weighted by molar-refractivity contribution is 5.46. The maximum absolute atomic E-state index is 13.4. The molecule has 0 saturated carbocycles. The van der Waals surface area contributed by atoms with Gasteiger partial charge in [-0.05, 0) is 36.8 Å². The lowest BCUT2D eigenvalue weighted by molar-refractivity contribution is 0.584. The quantitative estimate of drug-likeness (QED) is 0.878. The molecular formula is C13H12F2N2. The summed E-state index contributed by atoms with van der Waals surface area (Å²) in [6.07, 6.45) is 3.35. The maximum Gasteiger partial charge on any atom is 0.149 e. The molecule has 2 nitrogen and oxygen atoms in total. The lowest BCUT2D eigenvalue weighted by Crippen LogP contribution is -2.08. The molecule has 0 radical (unpaired) electrons. The van der Waals surface area contributed by atoms with E-state index in [0.29, 0.717) is 0 Å². The third-order valence-electron chi connectivity index (χ3n) is 2.51. The molecule has 0 saturated heterocycles. The predicted octanol–water partition coefficient (Wildman–Crippen LogP) is 3.53. The molecule has 0 amide bonds. The minimum absolute atomic E-state index is 0.0713. The SMILES string of the molecule is CC(Nc1ccc(F)cc1F)c1ccncc1. The smallest absolute Gasteiger partial charge is 0.149 e. The Morgan fingerprint density at radius 1 is 1.12 bits per heavy atom. The summed E-state index contributed by atoms with van der Waals surface area (Å²) in [6.45, 7) is 1.90. The fourth-order valence-electron chi connectivity index (χ4n) is 1.58. The number of nitrogens with one attached hydrogen (secondary N) is 1. The molecule has 0 fully saturated rings. The van der Waals surface area contributed by atoms with E-state index in [1.165, 1.54) is 12.1 Å². The van der Waals surface area contributed by atoms with Gasteiger partial charge >= 0.3 is 0 Å². The molecule has 0 aliphatic heterocycles. The number of benzene rings is 1. The van der Waals surface area contributed by atoms with Crippen LogP contribution in [0.3, 0.4) is 0 Å². The lowest BCUT2D eigenvalue weighted by Gasteiger charge is -2.15. The van der Waals surface area contributed by atoms with Crippen molar-refractivity contribution in [3.05, 3.63) is 59.9 Å². The Hall–Kier alpha value is -1.97. The fraction of sp³-hybridized carbons (Fsp3) is 0.154. The molecule has 2 aromatic rings. The van der Waals surface area contributed by atoms with Crippen molar-refractivity contribution in [3.8, 4) is 0 Å². The van der Waals surface area contributed by atoms with Crippen molar-refractivity contribution in [3.63, 3.8) is 0 Å². The zero-order chi connectivity index (χ0) is 12.3. The minimum Gasteiger partial charge on any atom is -0.376 e. The van der Waals surface area contributed by atoms with Gasteiger partial charge in [-0.3, -0.25) is 4.98 Å². The van der Waals surface area contributed by atoms with Crippen molar-refractivity contribution >= 4 is 5.69 Å². The number of hydrogen-bond acceptors (Lipinski definition) is 2. The van der Waals surface area contributed by atoms with E-state index in [4.69, 9.17) is 0 Å². The van der Waals surface area contributed by atoms with Crippen molar-refractivity contribution < 1.29 is 8.78 Å². The Bertz CT molecular complexity index is 500. The first-order valence-corrected chi connectivity index (χ1v) is 5.28. The van der Waals surface area contributed by atoms with Gasteiger partial charge in [-0.2, -0.15) is 0 Å². The summed E-state index contributed by atoms with van der Waals surface area (Å²) >= 11 is 0. The van der Waals surface area contributed by atoms with Crippen molar-refractivity contribution in [2.45, 2.75) is 13.0 Å². The maximum atomic E-state index is 13.4. The van der Waals surface area contributed by atoms with Gasteiger partial charge in [0.1, 0.15) is 11.6 Å². The van der Waals surface area contributed by atoms with Gasteiger partial charge in [0.2, 0.25) is 0 Å². The monoisotopic (exact) mass is 234 g/mol. The number of halogens is 2. The molecule has 88 valence electrons. The van der Waals surface area contributed by atoms with E-state index in [-0.39, 0.29) is 11.7 Å². The van der Waals surface area contributed by atoms with Gasteiger partial charge in [0.15, 0.2) is 0 Å². The molecule has 0 aliphatic rings. The number of rotatable bonds is 3. The fourth-order valence-corrected chi connectivity index (χ4v) is 1.58. The second kappa shape index (κ2) is 4.91. The summed E-state index contributed by atoms with van der Waals surface area (Å²) in [6, 6.07) is 7.10. The van der Waals surface area contributed by atoms with E-state index in [2.05, 4.69) is 10.3 Å². The van der Waals surface area contributed by atoms with Crippen LogP contribution in [0.5, 0.6) is 0 Å². The highest BCUT2D eigenvalue weighted by Crippen LogP contribution is 2.21. The van der Waals surface area contributed by atoms with Gasteiger partial charge in [0.05, 0.1) is 5.69 Å². The molecule has 1 unspecified atom stereocenters. The van der Waals surface area contributed by atoms with Crippen LogP contribution < -0.4 is 5.32 Å². The Morgan fingerprint density at radius 3 is 2.47 bits per heavy atom. The molecule has 1 N–H and O–H groups in total. The first-order chi connectivity index (χ1) is 8.16. The topological polar surface area (TPSA) is 24.9 Å². The zero-order valence-electron chi connectivity index (χ0n) is 9.32. The van der Waals surface area contributed by atoms with Crippen LogP contribution in [0.15, 0.2) is 42.7 Å². The molecule has 1 aromatic heterocycles. The van der Waals surface area contributed by atoms with Gasteiger partial charge in [-0.1, -0.05) is 0 Å². The summed E-state index contributed by atoms with van der Waals surface area (Å²) in [5.74, 6) is -1.17. The minimum atomic E-state index is -0.592. The second-order valence-corrected chi connectivity index (χ2v) is 3.77. The standard InChI is InChI=1S/C13H12F2N2/c1-9(10-4-6-16-7-5-10)17-13-3-2-11(14)8-12(13)15/h2-9,17H,1H3. The first kappa shape index (κ1) is 11.5. The average Bonchev–Trinajstić information content (AvgIpc) is 2.34.